The molecule has 0 saturated heterocycles. The molecule has 0 bridgehead atoms. The number of halogens is 2. The number of carbonyl (C=O) groups is 1. The summed E-state index contributed by atoms with van der Waals surface area (Å²) in [5, 5.41) is 0. The number of pyridine rings is 1. The Labute approximate surface area is 230 Å². The Bertz CT molecular complexity index is 1630. The van der Waals surface area contributed by atoms with Crippen LogP contribution < -0.4 is 9.47 Å². The highest BCUT2D eigenvalue weighted by Crippen LogP contribution is 2.32. The van der Waals surface area contributed by atoms with Crippen LogP contribution in [0.25, 0.3) is 22.4 Å². The lowest BCUT2D eigenvalue weighted by Crippen LogP contribution is -2.05. The molecule has 0 N–H and O–H groups in total. The highest BCUT2D eigenvalue weighted by molar-refractivity contribution is 5.82. The average Bonchev–Trinajstić information content (AvgIpc) is 3.32. The van der Waals surface area contributed by atoms with Crippen LogP contribution in [0, 0.1) is 11.6 Å². The summed E-state index contributed by atoms with van der Waals surface area (Å²) >= 11 is 0. The molecule has 0 spiro atoms. The van der Waals surface area contributed by atoms with Crippen molar-refractivity contribution in [1.29, 1.82) is 0 Å². The van der Waals surface area contributed by atoms with E-state index in [1.807, 2.05) is 59.2 Å². The third kappa shape index (κ3) is 5.93. The smallest absolute Gasteiger partial charge is 0.305 e. The summed E-state index contributed by atoms with van der Waals surface area (Å²) in [6, 6.07) is 21.1. The maximum atomic E-state index is 14.4. The van der Waals surface area contributed by atoms with Crippen LogP contribution in [0.2, 0.25) is 0 Å². The Hall–Kier alpha value is -4.79. The number of rotatable bonds is 10. The van der Waals surface area contributed by atoms with Gasteiger partial charge in [0.1, 0.15) is 18.2 Å². The molecule has 0 aliphatic carbocycles. The summed E-state index contributed by atoms with van der Waals surface area (Å²) in [6.07, 6.45) is 2.46. The summed E-state index contributed by atoms with van der Waals surface area (Å²) in [7, 11) is 2.97. The van der Waals surface area contributed by atoms with Crippen LogP contribution in [0.5, 0.6) is 11.6 Å². The number of carbonyl (C=O) groups excluding carboxylic acids is 1. The molecule has 0 radical (unpaired) electrons. The zero-order chi connectivity index (χ0) is 28.1. The van der Waals surface area contributed by atoms with Gasteiger partial charge in [-0.2, -0.15) is 0 Å². The first-order valence-corrected chi connectivity index (χ1v) is 12.7. The largest absolute Gasteiger partial charge is 0.497 e. The minimum absolute atomic E-state index is 0.254. The van der Waals surface area contributed by atoms with E-state index in [2.05, 4.69) is 9.97 Å². The van der Waals surface area contributed by atoms with E-state index in [0.29, 0.717) is 41.3 Å². The van der Waals surface area contributed by atoms with Crippen LogP contribution in [-0.2, 0) is 29.1 Å². The highest BCUT2D eigenvalue weighted by Gasteiger charge is 2.20. The lowest BCUT2D eigenvalue weighted by Gasteiger charge is -2.13. The van der Waals surface area contributed by atoms with Gasteiger partial charge in [-0.05, 0) is 47.4 Å². The van der Waals surface area contributed by atoms with E-state index in [0.717, 1.165) is 34.6 Å². The molecule has 0 aliphatic heterocycles. The Morgan fingerprint density at radius 2 is 1.60 bits per heavy atom. The third-order valence-corrected chi connectivity index (χ3v) is 6.55. The highest BCUT2D eigenvalue weighted by atomic mass is 19.2. The topological polar surface area (TPSA) is 75.5 Å². The number of hydrogen-bond donors (Lipinski definition) is 0. The quantitative estimate of drug-likeness (QED) is 0.198. The van der Waals surface area contributed by atoms with Crippen LogP contribution >= 0.6 is 0 Å². The Kier molecular flexibility index (Phi) is 8.00. The second-order valence-corrected chi connectivity index (χ2v) is 9.16. The molecular formula is C31H27F2N3O4. The fraction of sp³-hybridized carbons (Fsp3) is 0.194. The maximum absolute atomic E-state index is 14.4. The maximum Gasteiger partial charge on any atom is 0.305 e. The van der Waals surface area contributed by atoms with Crippen molar-refractivity contribution >= 4 is 17.0 Å². The molecule has 2 aromatic heterocycles. The summed E-state index contributed by atoms with van der Waals surface area (Å²) in [6.45, 7) is 0.589. The average molecular weight is 544 g/mol. The minimum atomic E-state index is -0.971. The van der Waals surface area contributed by atoms with Crippen molar-refractivity contribution in [2.24, 2.45) is 0 Å². The van der Waals surface area contributed by atoms with Crippen molar-refractivity contribution in [3.05, 3.63) is 107 Å². The van der Waals surface area contributed by atoms with Crippen molar-refractivity contribution in [3.63, 3.8) is 0 Å². The number of benzene rings is 3. The SMILES string of the molecule is COC(=O)CCc1ccc(Cn2c(-c3cccnc3OCc3ccc(OC)cc3)nc3cc(F)c(F)cc32)cc1. The Morgan fingerprint density at radius 1 is 0.900 bits per heavy atom. The molecular weight excluding hydrogens is 516 g/mol. The van der Waals surface area contributed by atoms with Crippen molar-refractivity contribution in [3.8, 4) is 23.0 Å². The van der Waals surface area contributed by atoms with Gasteiger partial charge in [-0.1, -0.05) is 36.4 Å². The molecule has 0 fully saturated rings. The summed E-state index contributed by atoms with van der Waals surface area (Å²) in [5.41, 5.74) is 4.16. The predicted octanol–water partition coefficient (Wildman–Crippen LogP) is 6.12. The van der Waals surface area contributed by atoms with Gasteiger partial charge in [0.2, 0.25) is 5.88 Å². The summed E-state index contributed by atoms with van der Waals surface area (Å²) < 4.78 is 46.3. The zero-order valence-corrected chi connectivity index (χ0v) is 22.1. The van der Waals surface area contributed by atoms with E-state index >= 15 is 0 Å². The van der Waals surface area contributed by atoms with E-state index < -0.39 is 11.6 Å². The Morgan fingerprint density at radius 3 is 2.33 bits per heavy atom. The number of aromatic nitrogens is 3. The van der Waals surface area contributed by atoms with Crippen molar-refractivity contribution in [2.75, 3.05) is 14.2 Å². The molecule has 7 nitrogen and oxygen atoms in total. The van der Waals surface area contributed by atoms with Gasteiger partial charge in [0.05, 0.1) is 30.8 Å². The zero-order valence-electron chi connectivity index (χ0n) is 22.1. The predicted molar refractivity (Wildman–Crippen MR) is 146 cm³/mol. The van der Waals surface area contributed by atoms with Gasteiger partial charge >= 0.3 is 5.97 Å². The minimum Gasteiger partial charge on any atom is -0.497 e. The number of fused-ring (bicyclic) bond motifs is 1. The van der Waals surface area contributed by atoms with Gasteiger partial charge in [-0.15, -0.1) is 0 Å². The van der Waals surface area contributed by atoms with Gasteiger partial charge in [0, 0.05) is 31.3 Å². The molecule has 40 heavy (non-hydrogen) atoms. The van der Waals surface area contributed by atoms with Crippen molar-refractivity contribution in [2.45, 2.75) is 26.0 Å². The lowest BCUT2D eigenvalue weighted by molar-refractivity contribution is -0.140. The summed E-state index contributed by atoms with van der Waals surface area (Å²) in [5.74, 6) is -0.649. The fourth-order valence-corrected chi connectivity index (χ4v) is 4.38. The number of imidazole rings is 1. The van der Waals surface area contributed by atoms with Crippen LogP contribution in [0.3, 0.4) is 0 Å². The monoisotopic (exact) mass is 543 g/mol. The van der Waals surface area contributed by atoms with E-state index in [9.17, 15) is 13.6 Å². The van der Waals surface area contributed by atoms with E-state index in [-0.39, 0.29) is 19.0 Å². The van der Waals surface area contributed by atoms with Crippen LogP contribution in [-0.4, -0.2) is 34.7 Å². The van der Waals surface area contributed by atoms with Crippen LogP contribution in [0.4, 0.5) is 8.78 Å². The first-order valence-electron chi connectivity index (χ1n) is 12.7. The molecule has 5 aromatic rings. The van der Waals surface area contributed by atoms with Gasteiger partial charge < -0.3 is 18.8 Å². The van der Waals surface area contributed by atoms with Gasteiger partial charge in [-0.3, -0.25) is 4.79 Å². The van der Waals surface area contributed by atoms with Gasteiger partial charge in [-0.25, -0.2) is 18.7 Å². The van der Waals surface area contributed by atoms with Gasteiger partial charge in [0.15, 0.2) is 11.6 Å². The lowest BCUT2D eigenvalue weighted by atomic mass is 10.1. The molecule has 0 saturated carbocycles. The molecule has 3 aromatic carbocycles. The van der Waals surface area contributed by atoms with Crippen LogP contribution in [0.15, 0.2) is 79.0 Å². The summed E-state index contributed by atoms with van der Waals surface area (Å²) in [4.78, 5) is 20.6. The van der Waals surface area contributed by atoms with Crippen LogP contribution in [0.1, 0.15) is 23.1 Å². The number of methoxy groups -OCH3 is 2. The molecule has 0 amide bonds. The number of aryl methyl sites for hydroxylation is 1. The number of ether oxygens (including phenoxy) is 3. The molecule has 0 aliphatic rings. The van der Waals surface area contributed by atoms with E-state index in [1.54, 1.807) is 19.4 Å². The molecule has 0 unspecified atom stereocenters. The van der Waals surface area contributed by atoms with E-state index in [1.165, 1.54) is 7.11 Å². The molecule has 204 valence electrons. The second-order valence-electron chi connectivity index (χ2n) is 9.16. The first-order chi connectivity index (χ1) is 19.4. The molecule has 5 rings (SSSR count). The second kappa shape index (κ2) is 11.9. The number of nitrogens with zero attached hydrogens (tertiary/aromatic N) is 3. The van der Waals surface area contributed by atoms with Crippen molar-refractivity contribution in [1.82, 2.24) is 14.5 Å². The molecule has 9 heteroatoms. The molecule has 2 heterocycles. The Balaban J connectivity index is 1.48. The normalized spacial score (nSPS) is 11.0. The first kappa shape index (κ1) is 26.8. The fourth-order valence-electron chi connectivity index (χ4n) is 4.38. The third-order valence-electron chi connectivity index (χ3n) is 6.55. The van der Waals surface area contributed by atoms with E-state index in [4.69, 9.17) is 14.2 Å². The number of hydrogen-bond acceptors (Lipinski definition) is 6. The van der Waals surface area contributed by atoms with Gasteiger partial charge in [0.25, 0.3) is 0 Å². The van der Waals surface area contributed by atoms with Crippen molar-refractivity contribution < 1.29 is 27.8 Å². The standard InChI is InChI=1S/C31H27F2N3O4/c1-38-23-12-9-22(10-13-23)19-40-31-24(4-3-15-34-31)30-35-27-16-25(32)26(33)17-28(27)36(30)18-21-7-5-20(6-8-21)11-14-29(37)39-2/h3-10,12-13,15-17H,11,14,18-19H2,1-2H3. The number of esters is 1. The molecule has 0 atom stereocenters.